The van der Waals surface area contributed by atoms with Crippen LogP contribution in [0.1, 0.15) is 19.8 Å². The normalized spacial score (nSPS) is 11.6. The van der Waals surface area contributed by atoms with Crippen molar-refractivity contribution in [1.82, 2.24) is 15.5 Å². The first-order valence-electron chi connectivity index (χ1n) is 6.42. The molecule has 0 aromatic carbocycles. The summed E-state index contributed by atoms with van der Waals surface area (Å²) in [5.74, 6) is -1.42. The van der Waals surface area contributed by atoms with Crippen molar-refractivity contribution < 1.29 is 24.2 Å². The number of urea groups is 1. The number of carboxylic acids is 1. The van der Waals surface area contributed by atoms with E-state index in [0.29, 0.717) is 26.0 Å². The molecular weight excluding hydrogens is 266 g/mol. The average Bonchev–Trinajstić information content (AvgIpc) is 2.38. The second-order valence-corrected chi connectivity index (χ2v) is 4.33. The van der Waals surface area contributed by atoms with Crippen LogP contribution in [-0.2, 0) is 14.3 Å². The molecule has 0 spiro atoms. The quantitative estimate of drug-likeness (QED) is 0.503. The average molecular weight is 289 g/mol. The van der Waals surface area contributed by atoms with Gasteiger partial charge in [-0.25, -0.2) is 9.59 Å². The molecule has 0 unspecified atom stereocenters. The van der Waals surface area contributed by atoms with Crippen LogP contribution in [0.2, 0.25) is 0 Å². The zero-order chi connectivity index (χ0) is 15.5. The number of rotatable bonds is 9. The third kappa shape index (κ3) is 7.57. The van der Waals surface area contributed by atoms with Crippen molar-refractivity contribution in [3.63, 3.8) is 0 Å². The van der Waals surface area contributed by atoms with Gasteiger partial charge in [0.25, 0.3) is 0 Å². The molecule has 8 heteroatoms. The van der Waals surface area contributed by atoms with Gasteiger partial charge in [0.05, 0.1) is 6.61 Å². The monoisotopic (exact) mass is 289 g/mol. The van der Waals surface area contributed by atoms with Crippen LogP contribution in [0.4, 0.5) is 4.79 Å². The van der Waals surface area contributed by atoms with E-state index < -0.39 is 18.0 Å². The van der Waals surface area contributed by atoms with E-state index in [-0.39, 0.29) is 12.5 Å². The van der Waals surface area contributed by atoms with Crippen LogP contribution in [0.15, 0.2) is 0 Å². The predicted molar refractivity (Wildman–Crippen MR) is 72.4 cm³/mol. The highest BCUT2D eigenvalue weighted by molar-refractivity contribution is 5.86. The molecular formula is C12H23N3O5. The molecule has 0 saturated heterocycles. The molecule has 0 radical (unpaired) electrons. The number of hydrogen-bond acceptors (Lipinski definition) is 4. The Morgan fingerprint density at radius 3 is 2.50 bits per heavy atom. The number of likely N-dealkylation sites (N-methyl/N-ethyl adjacent to an activating group) is 1. The zero-order valence-corrected chi connectivity index (χ0v) is 12.1. The van der Waals surface area contributed by atoms with Crippen LogP contribution in [0.25, 0.3) is 0 Å². The Hall–Kier alpha value is -1.83. The largest absolute Gasteiger partial charge is 0.480 e. The molecule has 0 aliphatic rings. The standard InChI is InChI=1S/C12H23N3O5/c1-4-5-9(11(17)18)14-12(19)15(2)8-10(16)13-6-7-20-3/h9H,4-8H2,1-3H3,(H,13,16)(H,14,19)(H,17,18)/t9-/m0/s1. The molecule has 0 rings (SSSR count). The molecule has 0 aliphatic heterocycles. The molecule has 8 nitrogen and oxygen atoms in total. The Labute approximate surface area is 118 Å². The van der Waals surface area contributed by atoms with E-state index >= 15 is 0 Å². The second-order valence-electron chi connectivity index (χ2n) is 4.33. The lowest BCUT2D eigenvalue weighted by Crippen LogP contribution is -2.49. The van der Waals surface area contributed by atoms with Gasteiger partial charge in [0.2, 0.25) is 5.91 Å². The molecule has 20 heavy (non-hydrogen) atoms. The summed E-state index contributed by atoms with van der Waals surface area (Å²) in [7, 11) is 2.95. The topological polar surface area (TPSA) is 108 Å². The lowest BCUT2D eigenvalue weighted by Gasteiger charge is -2.20. The van der Waals surface area contributed by atoms with Gasteiger partial charge in [-0.2, -0.15) is 0 Å². The van der Waals surface area contributed by atoms with Crippen LogP contribution in [0, 0.1) is 0 Å². The number of carboxylic acid groups (broad SMARTS) is 1. The minimum atomic E-state index is -1.09. The number of methoxy groups -OCH3 is 1. The van der Waals surface area contributed by atoms with Gasteiger partial charge in [-0.3, -0.25) is 4.79 Å². The summed E-state index contributed by atoms with van der Waals surface area (Å²) in [4.78, 5) is 35.3. The summed E-state index contributed by atoms with van der Waals surface area (Å²) in [5.41, 5.74) is 0. The predicted octanol–water partition coefficient (Wildman–Crippen LogP) is -0.356. The fourth-order valence-electron chi connectivity index (χ4n) is 1.44. The number of nitrogens with zero attached hydrogens (tertiary/aromatic N) is 1. The Balaban J connectivity index is 4.19. The highest BCUT2D eigenvalue weighted by Crippen LogP contribution is 1.98. The molecule has 116 valence electrons. The van der Waals surface area contributed by atoms with E-state index in [0.717, 1.165) is 4.90 Å². The molecule has 3 amide bonds. The number of nitrogens with one attached hydrogen (secondary N) is 2. The number of carbonyl (C=O) groups excluding carboxylic acids is 2. The highest BCUT2D eigenvalue weighted by atomic mass is 16.5. The van der Waals surface area contributed by atoms with E-state index in [1.165, 1.54) is 14.2 Å². The van der Waals surface area contributed by atoms with Gasteiger partial charge in [0.15, 0.2) is 0 Å². The fourth-order valence-corrected chi connectivity index (χ4v) is 1.44. The summed E-state index contributed by atoms with van der Waals surface area (Å²) in [5, 5.41) is 13.9. The highest BCUT2D eigenvalue weighted by Gasteiger charge is 2.21. The van der Waals surface area contributed by atoms with Gasteiger partial charge in [-0.15, -0.1) is 0 Å². The molecule has 0 aromatic rings. The first-order chi connectivity index (χ1) is 9.42. The SMILES string of the molecule is CCC[C@H](NC(=O)N(C)CC(=O)NCCOC)C(=O)O. The molecule has 0 aliphatic carbocycles. The number of aliphatic carboxylic acids is 1. The first-order valence-corrected chi connectivity index (χ1v) is 6.42. The van der Waals surface area contributed by atoms with Crippen LogP contribution in [0.5, 0.6) is 0 Å². The summed E-state index contributed by atoms with van der Waals surface area (Å²) < 4.78 is 4.78. The van der Waals surface area contributed by atoms with Gasteiger partial charge < -0.3 is 25.4 Å². The van der Waals surface area contributed by atoms with Crippen molar-refractivity contribution >= 4 is 17.9 Å². The summed E-state index contributed by atoms with van der Waals surface area (Å²) >= 11 is 0. The third-order valence-corrected chi connectivity index (χ3v) is 2.53. The van der Waals surface area contributed by atoms with E-state index in [4.69, 9.17) is 9.84 Å². The Morgan fingerprint density at radius 1 is 1.35 bits per heavy atom. The van der Waals surface area contributed by atoms with E-state index in [2.05, 4.69) is 10.6 Å². The first kappa shape index (κ1) is 18.2. The Bertz CT molecular complexity index is 335. The summed E-state index contributed by atoms with van der Waals surface area (Å²) in [6.45, 7) is 2.43. The van der Waals surface area contributed by atoms with Crippen molar-refractivity contribution in [1.29, 1.82) is 0 Å². The van der Waals surface area contributed by atoms with Crippen LogP contribution in [-0.4, -0.2) is 67.8 Å². The van der Waals surface area contributed by atoms with Gasteiger partial charge >= 0.3 is 12.0 Å². The van der Waals surface area contributed by atoms with E-state index in [1.807, 2.05) is 6.92 Å². The van der Waals surface area contributed by atoms with Crippen molar-refractivity contribution in [3.05, 3.63) is 0 Å². The lowest BCUT2D eigenvalue weighted by atomic mass is 10.2. The summed E-state index contributed by atoms with van der Waals surface area (Å²) in [6, 6.07) is -1.53. The maximum Gasteiger partial charge on any atom is 0.326 e. The van der Waals surface area contributed by atoms with E-state index in [9.17, 15) is 14.4 Å². The number of carbonyl (C=O) groups is 3. The van der Waals surface area contributed by atoms with Gasteiger partial charge in [-0.05, 0) is 6.42 Å². The summed E-state index contributed by atoms with van der Waals surface area (Å²) in [6.07, 6.45) is 0.980. The lowest BCUT2D eigenvalue weighted by molar-refractivity contribution is -0.139. The third-order valence-electron chi connectivity index (χ3n) is 2.53. The number of amides is 3. The van der Waals surface area contributed by atoms with Crippen molar-refractivity contribution in [3.8, 4) is 0 Å². The fraction of sp³-hybridized carbons (Fsp3) is 0.750. The molecule has 0 aromatic heterocycles. The van der Waals surface area contributed by atoms with Crippen molar-refractivity contribution in [2.45, 2.75) is 25.8 Å². The Morgan fingerprint density at radius 2 is 2.00 bits per heavy atom. The maximum absolute atomic E-state index is 11.7. The number of hydrogen-bond donors (Lipinski definition) is 3. The minimum absolute atomic E-state index is 0.145. The molecule has 0 saturated carbocycles. The molecule has 0 bridgehead atoms. The Kier molecular flexibility index (Phi) is 9.10. The van der Waals surface area contributed by atoms with Crippen molar-refractivity contribution in [2.24, 2.45) is 0 Å². The van der Waals surface area contributed by atoms with Crippen molar-refractivity contribution in [2.75, 3.05) is 33.9 Å². The minimum Gasteiger partial charge on any atom is -0.480 e. The van der Waals surface area contributed by atoms with Gasteiger partial charge in [0.1, 0.15) is 12.6 Å². The van der Waals surface area contributed by atoms with Crippen LogP contribution < -0.4 is 10.6 Å². The number of ether oxygens (including phenoxy) is 1. The second kappa shape index (κ2) is 10.0. The maximum atomic E-state index is 11.7. The zero-order valence-electron chi connectivity index (χ0n) is 12.1. The van der Waals surface area contributed by atoms with Crippen LogP contribution in [0.3, 0.4) is 0 Å². The molecule has 0 fully saturated rings. The molecule has 1 atom stereocenters. The van der Waals surface area contributed by atoms with Crippen LogP contribution >= 0.6 is 0 Å². The van der Waals surface area contributed by atoms with Gasteiger partial charge in [0, 0.05) is 20.7 Å². The molecule has 0 heterocycles. The molecule has 3 N–H and O–H groups in total. The smallest absolute Gasteiger partial charge is 0.326 e. The van der Waals surface area contributed by atoms with E-state index in [1.54, 1.807) is 0 Å². The van der Waals surface area contributed by atoms with Gasteiger partial charge in [-0.1, -0.05) is 13.3 Å².